The van der Waals surface area contributed by atoms with E-state index in [4.69, 9.17) is 5.73 Å². The van der Waals surface area contributed by atoms with Crippen molar-refractivity contribution in [3.05, 3.63) is 22.4 Å². The maximum absolute atomic E-state index is 5.30. The molecule has 1 aromatic heterocycles. The van der Waals surface area contributed by atoms with E-state index in [9.17, 15) is 0 Å². The van der Waals surface area contributed by atoms with Crippen molar-refractivity contribution < 1.29 is 0 Å². The van der Waals surface area contributed by atoms with Gasteiger partial charge in [0.1, 0.15) is 0 Å². The molecule has 0 fully saturated rings. The maximum Gasteiger partial charge on any atom is 0.0273 e. The molecule has 1 rings (SSSR count). The number of thiophene rings is 1. The van der Waals surface area contributed by atoms with Gasteiger partial charge in [0.15, 0.2) is 0 Å². The van der Waals surface area contributed by atoms with Gasteiger partial charge in [-0.25, -0.2) is 0 Å². The summed E-state index contributed by atoms with van der Waals surface area (Å²) in [7, 11) is 0. The molecule has 2 N–H and O–H groups in total. The van der Waals surface area contributed by atoms with Crippen molar-refractivity contribution in [2.24, 2.45) is 5.73 Å². The first kappa shape index (κ1) is 12.0. The number of halogens is 2. The van der Waals surface area contributed by atoms with Gasteiger partial charge in [-0.3, -0.25) is 0 Å². The molecule has 0 aliphatic heterocycles. The fourth-order valence-electron chi connectivity index (χ4n) is 0.429. The summed E-state index contributed by atoms with van der Waals surface area (Å²) < 4.78 is 0. The second-order valence-electron chi connectivity index (χ2n) is 1.28. The van der Waals surface area contributed by atoms with Crippen LogP contribution in [0.15, 0.2) is 17.5 Å². The van der Waals surface area contributed by atoms with E-state index in [1.54, 1.807) is 11.3 Å². The molecule has 1 nitrogen and oxygen atoms in total. The molecular weight excluding hydrogens is 177 g/mol. The van der Waals surface area contributed by atoms with E-state index in [2.05, 4.69) is 0 Å². The second-order valence-corrected chi connectivity index (χ2v) is 2.32. The summed E-state index contributed by atoms with van der Waals surface area (Å²) in [6, 6.07) is 4.04. The molecule has 0 aliphatic rings. The summed E-state index contributed by atoms with van der Waals surface area (Å²) in [4.78, 5) is 1.25. The van der Waals surface area contributed by atoms with Gasteiger partial charge >= 0.3 is 0 Å². The molecule has 0 bridgehead atoms. The number of hydrogen-bond donors (Lipinski definition) is 1. The highest BCUT2D eigenvalue weighted by molar-refractivity contribution is 7.09. The fraction of sp³-hybridized carbons (Fsp3) is 0.200. The first-order chi connectivity index (χ1) is 3.43. The van der Waals surface area contributed by atoms with Gasteiger partial charge in [0.2, 0.25) is 0 Å². The second kappa shape index (κ2) is 6.36. The molecular formula is C5H9Cl2NS. The van der Waals surface area contributed by atoms with Crippen molar-refractivity contribution in [2.75, 3.05) is 0 Å². The summed E-state index contributed by atoms with van der Waals surface area (Å²) in [6.07, 6.45) is 0. The van der Waals surface area contributed by atoms with Crippen LogP contribution in [-0.4, -0.2) is 0 Å². The van der Waals surface area contributed by atoms with Crippen molar-refractivity contribution in [1.82, 2.24) is 0 Å². The molecule has 54 valence electrons. The van der Waals surface area contributed by atoms with Crippen LogP contribution >= 0.6 is 36.2 Å². The minimum atomic E-state index is 0. The van der Waals surface area contributed by atoms with E-state index in [1.165, 1.54) is 4.88 Å². The van der Waals surface area contributed by atoms with Crippen LogP contribution in [0, 0.1) is 0 Å². The van der Waals surface area contributed by atoms with Gasteiger partial charge in [0.05, 0.1) is 0 Å². The molecule has 0 saturated carbocycles. The van der Waals surface area contributed by atoms with Crippen LogP contribution in [-0.2, 0) is 6.54 Å². The minimum Gasteiger partial charge on any atom is -0.326 e. The molecule has 1 heterocycles. The highest BCUT2D eigenvalue weighted by atomic mass is 35.5. The van der Waals surface area contributed by atoms with Crippen LogP contribution in [0.4, 0.5) is 0 Å². The van der Waals surface area contributed by atoms with Gasteiger partial charge < -0.3 is 5.73 Å². The summed E-state index contributed by atoms with van der Waals surface area (Å²) >= 11 is 1.70. The van der Waals surface area contributed by atoms with Crippen LogP contribution in [0.25, 0.3) is 0 Å². The lowest BCUT2D eigenvalue weighted by molar-refractivity contribution is 1.11. The standard InChI is InChI=1S/C5H7NS.2ClH/c6-4-5-2-1-3-7-5;;/h1-3H,4,6H2;2*1H. The van der Waals surface area contributed by atoms with Gasteiger partial charge in [-0.2, -0.15) is 0 Å². The van der Waals surface area contributed by atoms with Gasteiger partial charge in [0.25, 0.3) is 0 Å². The Bertz CT molecular complexity index is 130. The zero-order chi connectivity index (χ0) is 5.11. The fourth-order valence-corrected chi connectivity index (χ4v) is 1.01. The summed E-state index contributed by atoms with van der Waals surface area (Å²) in [6.45, 7) is 0.678. The van der Waals surface area contributed by atoms with Gasteiger partial charge in [-0.1, -0.05) is 6.07 Å². The molecule has 0 unspecified atom stereocenters. The van der Waals surface area contributed by atoms with Crippen molar-refractivity contribution in [1.29, 1.82) is 0 Å². The molecule has 0 radical (unpaired) electrons. The lowest BCUT2D eigenvalue weighted by atomic mass is 10.5. The van der Waals surface area contributed by atoms with E-state index in [1.807, 2.05) is 17.5 Å². The third kappa shape index (κ3) is 3.76. The third-order valence-electron chi connectivity index (χ3n) is 0.781. The van der Waals surface area contributed by atoms with Gasteiger partial charge in [0, 0.05) is 11.4 Å². The Morgan fingerprint density at radius 1 is 1.44 bits per heavy atom. The topological polar surface area (TPSA) is 26.0 Å². The number of rotatable bonds is 1. The highest BCUT2D eigenvalue weighted by Crippen LogP contribution is 2.05. The first-order valence-corrected chi connectivity index (χ1v) is 3.04. The molecule has 4 heteroatoms. The normalized spacial score (nSPS) is 7.22. The zero-order valence-corrected chi connectivity index (χ0v) is 7.19. The van der Waals surface area contributed by atoms with Crippen molar-refractivity contribution in [2.45, 2.75) is 6.54 Å². The van der Waals surface area contributed by atoms with Crippen molar-refractivity contribution in [3.63, 3.8) is 0 Å². The molecule has 0 aromatic carbocycles. The first-order valence-electron chi connectivity index (χ1n) is 2.16. The Morgan fingerprint density at radius 3 is 2.33 bits per heavy atom. The van der Waals surface area contributed by atoms with Crippen molar-refractivity contribution >= 4 is 36.2 Å². The zero-order valence-electron chi connectivity index (χ0n) is 4.74. The largest absolute Gasteiger partial charge is 0.326 e. The van der Waals surface area contributed by atoms with Crippen LogP contribution in [0.3, 0.4) is 0 Å². The van der Waals surface area contributed by atoms with Crippen LogP contribution in [0.1, 0.15) is 4.88 Å². The van der Waals surface area contributed by atoms with E-state index < -0.39 is 0 Å². The van der Waals surface area contributed by atoms with Crippen molar-refractivity contribution in [3.8, 4) is 0 Å². The lowest BCUT2D eigenvalue weighted by Crippen LogP contribution is -1.90. The molecule has 0 aliphatic carbocycles. The number of nitrogens with two attached hydrogens (primary N) is 1. The Hall–Kier alpha value is 0.240. The Labute approximate surface area is 71.1 Å². The van der Waals surface area contributed by atoms with E-state index in [0.29, 0.717) is 6.54 Å². The van der Waals surface area contributed by atoms with E-state index in [-0.39, 0.29) is 24.8 Å². The highest BCUT2D eigenvalue weighted by Gasteiger charge is 1.82. The Morgan fingerprint density at radius 2 is 2.11 bits per heavy atom. The summed E-state index contributed by atoms with van der Waals surface area (Å²) in [5, 5.41) is 2.03. The Kier molecular flexibility index (Phi) is 8.46. The third-order valence-corrected chi connectivity index (χ3v) is 1.68. The Balaban J connectivity index is 0. The summed E-state index contributed by atoms with van der Waals surface area (Å²) in [5.41, 5.74) is 5.30. The quantitative estimate of drug-likeness (QED) is 0.713. The molecule has 0 amide bonds. The predicted molar refractivity (Wildman–Crippen MR) is 46.7 cm³/mol. The van der Waals surface area contributed by atoms with Gasteiger partial charge in [-0.15, -0.1) is 36.2 Å². The molecule has 0 saturated heterocycles. The minimum absolute atomic E-state index is 0. The lowest BCUT2D eigenvalue weighted by Gasteiger charge is -1.79. The SMILES string of the molecule is Cl.Cl.NCc1cccs1. The summed E-state index contributed by atoms with van der Waals surface area (Å²) in [5.74, 6) is 0. The maximum atomic E-state index is 5.30. The van der Waals surface area contributed by atoms with Crippen LogP contribution in [0.5, 0.6) is 0 Å². The van der Waals surface area contributed by atoms with Crippen LogP contribution < -0.4 is 5.73 Å². The smallest absolute Gasteiger partial charge is 0.0273 e. The van der Waals surface area contributed by atoms with E-state index >= 15 is 0 Å². The number of hydrogen-bond acceptors (Lipinski definition) is 2. The molecule has 0 spiro atoms. The average Bonchev–Trinajstić information content (AvgIpc) is 2.14. The van der Waals surface area contributed by atoms with Gasteiger partial charge in [-0.05, 0) is 11.4 Å². The van der Waals surface area contributed by atoms with Crippen LogP contribution in [0.2, 0.25) is 0 Å². The monoisotopic (exact) mass is 185 g/mol. The molecule has 0 atom stereocenters. The molecule has 9 heavy (non-hydrogen) atoms. The molecule has 1 aromatic rings. The predicted octanol–water partition coefficient (Wildman–Crippen LogP) is 2.05. The van der Waals surface area contributed by atoms with E-state index in [0.717, 1.165) is 0 Å². The average molecular weight is 186 g/mol.